The van der Waals surface area contributed by atoms with Gasteiger partial charge in [-0.3, -0.25) is 0 Å². The number of hydrogen-bond acceptors (Lipinski definition) is 4. The average molecular weight is 379 g/mol. The van der Waals surface area contributed by atoms with Crippen molar-refractivity contribution in [1.82, 2.24) is 10.5 Å². The third kappa shape index (κ3) is 2.89. The maximum absolute atomic E-state index is 6.40. The lowest BCUT2D eigenvalue weighted by Gasteiger charge is -2.23. The Balaban J connectivity index is 1.46. The van der Waals surface area contributed by atoms with E-state index >= 15 is 0 Å². The molecular weight excluding hydrogens is 359 g/mol. The van der Waals surface area contributed by atoms with Crippen LogP contribution in [0.25, 0.3) is 11.3 Å². The predicted octanol–water partition coefficient (Wildman–Crippen LogP) is 4.79. The first kappa shape index (κ1) is 16.1. The van der Waals surface area contributed by atoms with Crippen LogP contribution in [0.2, 0.25) is 10.0 Å². The molecule has 2 saturated carbocycles. The number of nitrogens with one attached hydrogen (secondary N) is 1. The second kappa shape index (κ2) is 6.27. The van der Waals surface area contributed by atoms with Crippen LogP contribution in [-0.4, -0.2) is 23.8 Å². The van der Waals surface area contributed by atoms with Gasteiger partial charge in [-0.1, -0.05) is 34.4 Å². The summed E-state index contributed by atoms with van der Waals surface area (Å²) < 4.78 is 12.0. The zero-order valence-corrected chi connectivity index (χ0v) is 15.3. The third-order valence-corrected chi connectivity index (χ3v) is 6.31. The van der Waals surface area contributed by atoms with Crippen molar-refractivity contribution in [2.24, 2.45) is 5.92 Å². The number of rotatable bonds is 5. The normalized spacial score (nSPS) is 28.0. The van der Waals surface area contributed by atoms with Gasteiger partial charge in [-0.25, -0.2) is 0 Å². The highest BCUT2D eigenvalue weighted by Gasteiger charge is 2.41. The average Bonchev–Trinajstić information content (AvgIpc) is 3.03. The molecule has 2 heterocycles. The zero-order valence-electron chi connectivity index (χ0n) is 13.8. The van der Waals surface area contributed by atoms with E-state index in [1.807, 2.05) is 18.2 Å². The van der Waals surface area contributed by atoms with Crippen LogP contribution in [0.1, 0.15) is 42.9 Å². The van der Waals surface area contributed by atoms with E-state index in [4.69, 9.17) is 32.5 Å². The van der Waals surface area contributed by atoms with Gasteiger partial charge in [-0.2, -0.15) is 0 Å². The van der Waals surface area contributed by atoms with Gasteiger partial charge in [0.15, 0.2) is 0 Å². The molecular formula is C19H20Cl2N2O2. The molecule has 2 aromatic rings. The maximum atomic E-state index is 6.40. The summed E-state index contributed by atoms with van der Waals surface area (Å²) in [5.41, 5.74) is 2.49. The summed E-state index contributed by atoms with van der Waals surface area (Å²) >= 11 is 12.8. The number of benzene rings is 1. The van der Waals surface area contributed by atoms with Gasteiger partial charge in [0, 0.05) is 23.1 Å². The molecule has 0 radical (unpaired) electrons. The molecule has 3 fully saturated rings. The van der Waals surface area contributed by atoms with Gasteiger partial charge < -0.3 is 14.6 Å². The zero-order chi connectivity index (χ0) is 17.0. The fraction of sp³-hybridized carbons (Fsp3) is 0.526. The Bertz CT molecular complexity index is 782. The number of ether oxygens (including phenoxy) is 1. The van der Waals surface area contributed by atoms with E-state index in [1.165, 1.54) is 6.42 Å². The topological polar surface area (TPSA) is 47.3 Å². The largest absolute Gasteiger partial charge is 0.372 e. The molecule has 0 amide bonds. The summed E-state index contributed by atoms with van der Waals surface area (Å²) in [6, 6.07) is 5.99. The Morgan fingerprint density at radius 1 is 1.20 bits per heavy atom. The Hall–Kier alpha value is -1.07. The molecule has 4 nitrogen and oxygen atoms in total. The first-order valence-electron chi connectivity index (χ1n) is 8.98. The van der Waals surface area contributed by atoms with Gasteiger partial charge in [0.2, 0.25) is 0 Å². The fourth-order valence-electron chi connectivity index (χ4n) is 4.22. The minimum Gasteiger partial charge on any atom is -0.372 e. The van der Waals surface area contributed by atoms with Crippen LogP contribution in [0.15, 0.2) is 22.7 Å². The Labute approximate surface area is 156 Å². The summed E-state index contributed by atoms with van der Waals surface area (Å²) in [4.78, 5) is 0. The third-order valence-electron chi connectivity index (χ3n) is 5.68. The van der Waals surface area contributed by atoms with Gasteiger partial charge in [0.1, 0.15) is 11.5 Å². The molecule has 1 aromatic carbocycles. The number of aromatic nitrogens is 1. The first-order chi connectivity index (χ1) is 12.2. The molecule has 25 heavy (non-hydrogen) atoms. The summed E-state index contributed by atoms with van der Waals surface area (Å²) in [6.45, 7) is 1.63. The first-order valence-corrected chi connectivity index (χ1v) is 9.74. The molecule has 0 spiro atoms. The van der Waals surface area contributed by atoms with Gasteiger partial charge >= 0.3 is 0 Å². The van der Waals surface area contributed by atoms with Gasteiger partial charge in [-0.15, -0.1) is 0 Å². The molecule has 1 aliphatic heterocycles. The van der Waals surface area contributed by atoms with Crippen LogP contribution >= 0.6 is 23.2 Å². The molecule has 1 saturated heterocycles. The second-order valence-corrected chi connectivity index (χ2v) is 8.26. The summed E-state index contributed by atoms with van der Waals surface area (Å²) in [5, 5.41) is 9.04. The monoisotopic (exact) mass is 378 g/mol. The standard InChI is InChI=1S/C19H20Cl2N2O2/c20-13-2-1-3-14(21)17(13)18-12(19(25-23-18)11-4-5-11)9-24-16-7-10-6-15(16)22-8-10/h1-3,10-11,15-16,22H,4-9H2/t10-,15+,16-/m0/s1. The van der Waals surface area contributed by atoms with Crippen molar-refractivity contribution in [3.63, 3.8) is 0 Å². The highest BCUT2D eigenvalue weighted by Crippen LogP contribution is 2.46. The van der Waals surface area contributed by atoms with Crippen molar-refractivity contribution in [2.75, 3.05) is 6.54 Å². The molecule has 3 atom stereocenters. The van der Waals surface area contributed by atoms with E-state index in [2.05, 4.69) is 10.5 Å². The molecule has 1 N–H and O–H groups in total. The van der Waals surface area contributed by atoms with Crippen LogP contribution < -0.4 is 5.32 Å². The van der Waals surface area contributed by atoms with Gasteiger partial charge in [0.25, 0.3) is 0 Å². The summed E-state index contributed by atoms with van der Waals surface area (Å²) in [7, 11) is 0. The van der Waals surface area contributed by atoms with E-state index in [1.54, 1.807) is 0 Å². The van der Waals surface area contributed by atoms with E-state index in [0.29, 0.717) is 28.6 Å². The van der Waals surface area contributed by atoms with Crippen molar-refractivity contribution >= 4 is 23.2 Å². The minimum absolute atomic E-state index is 0.273. The lowest BCUT2D eigenvalue weighted by molar-refractivity contribution is 0.0186. The van der Waals surface area contributed by atoms with E-state index in [0.717, 1.165) is 54.3 Å². The lowest BCUT2D eigenvalue weighted by Crippen LogP contribution is -2.38. The number of fused-ring (bicyclic) bond motifs is 2. The van der Waals surface area contributed by atoms with Crippen LogP contribution in [0.5, 0.6) is 0 Å². The van der Waals surface area contributed by atoms with Crippen molar-refractivity contribution in [2.45, 2.75) is 50.4 Å². The van der Waals surface area contributed by atoms with Gasteiger partial charge in [0.05, 0.1) is 22.8 Å². The number of halogens is 2. The highest BCUT2D eigenvalue weighted by molar-refractivity contribution is 6.39. The van der Waals surface area contributed by atoms with Crippen molar-refractivity contribution < 1.29 is 9.26 Å². The van der Waals surface area contributed by atoms with Crippen molar-refractivity contribution in [3.8, 4) is 11.3 Å². The smallest absolute Gasteiger partial charge is 0.145 e. The molecule has 0 unspecified atom stereocenters. The Morgan fingerprint density at radius 3 is 2.64 bits per heavy atom. The molecule has 132 valence electrons. The molecule has 6 heteroatoms. The van der Waals surface area contributed by atoms with E-state index < -0.39 is 0 Å². The molecule has 2 bridgehead atoms. The lowest BCUT2D eigenvalue weighted by atomic mass is 10.0. The quantitative estimate of drug-likeness (QED) is 0.811. The van der Waals surface area contributed by atoms with Crippen LogP contribution in [0.4, 0.5) is 0 Å². The minimum atomic E-state index is 0.273. The predicted molar refractivity (Wildman–Crippen MR) is 97.0 cm³/mol. The fourth-order valence-corrected chi connectivity index (χ4v) is 4.80. The second-order valence-electron chi connectivity index (χ2n) is 7.45. The summed E-state index contributed by atoms with van der Waals surface area (Å²) in [6.07, 6.45) is 4.94. The Morgan fingerprint density at radius 2 is 2.00 bits per heavy atom. The number of nitrogens with zero attached hydrogens (tertiary/aromatic N) is 1. The highest BCUT2D eigenvalue weighted by atomic mass is 35.5. The number of piperidine rings is 1. The molecule has 3 aliphatic rings. The van der Waals surface area contributed by atoms with Crippen molar-refractivity contribution in [1.29, 1.82) is 0 Å². The number of hydrogen-bond donors (Lipinski definition) is 1. The molecule has 1 aromatic heterocycles. The summed E-state index contributed by atoms with van der Waals surface area (Å²) in [5.74, 6) is 2.17. The SMILES string of the molecule is Clc1cccc(Cl)c1-c1noc(C2CC2)c1CO[C@H]1C[C@H]2CN[C@@H]1C2. The van der Waals surface area contributed by atoms with E-state index in [-0.39, 0.29) is 6.10 Å². The van der Waals surface area contributed by atoms with E-state index in [9.17, 15) is 0 Å². The maximum Gasteiger partial charge on any atom is 0.145 e. The molecule has 5 rings (SSSR count). The van der Waals surface area contributed by atoms with Crippen LogP contribution in [-0.2, 0) is 11.3 Å². The van der Waals surface area contributed by atoms with Crippen LogP contribution in [0.3, 0.4) is 0 Å². The van der Waals surface area contributed by atoms with Crippen molar-refractivity contribution in [3.05, 3.63) is 39.6 Å². The Kier molecular flexibility index (Phi) is 4.05. The van der Waals surface area contributed by atoms with Crippen LogP contribution in [0, 0.1) is 5.92 Å². The molecule has 2 aliphatic carbocycles. The van der Waals surface area contributed by atoms with Gasteiger partial charge in [-0.05, 0) is 50.3 Å².